The van der Waals surface area contributed by atoms with E-state index in [4.69, 9.17) is 0 Å². The summed E-state index contributed by atoms with van der Waals surface area (Å²) in [6, 6.07) is 0. The summed E-state index contributed by atoms with van der Waals surface area (Å²) in [6.07, 6.45) is 0.923. The number of hydrogen-bond acceptors (Lipinski definition) is 4. The molecular weight excluding hydrogens is 162 g/mol. The van der Waals surface area contributed by atoms with E-state index in [0.717, 1.165) is 6.42 Å². The van der Waals surface area contributed by atoms with Gasteiger partial charge < -0.3 is 5.32 Å². The van der Waals surface area contributed by atoms with Crippen LogP contribution in [0.1, 0.15) is 13.3 Å². The van der Waals surface area contributed by atoms with Crippen LogP contribution in [-0.4, -0.2) is 6.54 Å². The lowest BCUT2D eigenvalue weighted by Crippen LogP contribution is -2.35. The van der Waals surface area contributed by atoms with Crippen molar-refractivity contribution in [3.63, 3.8) is 0 Å². The molecule has 0 radical (unpaired) electrons. The first-order valence-electron chi connectivity index (χ1n) is 3.44. The van der Waals surface area contributed by atoms with Gasteiger partial charge in [-0.2, -0.15) is 0 Å². The van der Waals surface area contributed by atoms with Gasteiger partial charge >= 0.3 is 0 Å². The molecule has 1 aromatic carbocycles. The Morgan fingerprint density at radius 3 is 2.45 bits per heavy atom. The van der Waals surface area contributed by atoms with Gasteiger partial charge in [-0.05, 0) is 6.42 Å². The van der Waals surface area contributed by atoms with Crippen LogP contribution < -0.4 is 16.2 Å². The van der Waals surface area contributed by atoms with E-state index < -0.39 is 10.9 Å². The SMILES string of the molecule is CCCNc1c(S)c(=O)c1=O. The molecule has 1 rings (SSSR count). The molecule has 0 bridgehead atoms. The molecule has 0 aliphatic carbocycles. The van der Waals surface area contributed by atoms with Crippen LogP contribution in [0.4, 0.5) is 5.69 Å². The Bertz CT molecular complexity index is 325. The second kappa shape index (κ2) is 3.09. The Morgan fingerprint density at radius 2 is 2.00 bits per heavy atom. The minimum absolute atomic E-state index is 0.267. The van der Waals surface area contributed by atoms with Gasteiger partial charge in [0.1, 0.15) is 5.69 Å². The van der Waals surface area contributed by atoms with Crippen molar-refractivity contribution < 1.29 is 0 Å². The smallest absolute Gasteiger partial charge is 0.251 e. The summed E-state index contributed by atoms with van der Waals surface area (Å²) in [7, 11) is 0. The molecule has 11 heavy (non-hydrogen) atoms. The number of anilines is 1. The lowest BCUT2D eigenvalue weighted by Gasteiger charge is -2.07. The van der Waals surface area contributed by atoms with E-state index in [1.165, 1.54) is 0 Å². The standard InChI is InChI=1S/C7H9NO2S/c1-2-3-8-4-5(9)6(10)7(4)11/h8,11H,2-3H2,1H3. The summed E-state index contributed by atoms with van der Waals surface area (Å²) >= 11 is 3.85. The highest BCUT2D eigenvalue weighted by Gasteiger charge is 2.16. The molecule has 0 saturated heterocycles. The fourth-order valence-electron chi connectivity index (χ4n) is 0.794. The van der Waals surface area contributed by atoms with Crippen LogP contribution in [0.3, 0.4) is 0 Å². The maximum Gasteiger partial charge on any atom is 0.251 e. The second-order valence-corrected chi connectivity index (χ2v) is 2.76. The van der Waals surface area contributed by atoms with Crippen molar-refractivity contribution in [2.24, 2.45) is 0 Å². The molecule has 0 atom stereocenters. The minimum Gasteiger partial charge on any atom is -0.381 e. The molecule has 1 aromatic rings. The highest BCUT2D eigenvalue weighted by atomic mass is 32.1. The predicted molar refractivity (Wildman–Crippen MR) is 47.4 cm³/mol. The fourth-order valence-corrected chi connectivity index (χ4v) is 1.08. The summed E-state index contributed by atoms with van der Waals surface area (Å²) < 4.78 is 0. The van der Waals surface area contributed by atoms with Crippen LogP contribution in [0.2, 0.25) is 0 Å². The van der Waals surface area contributed by atoms with E-state index in [1.54, 1.807) is 0 Å². The summed E-state index contributed by atoms with van der Waals surface area (Å²) in [4.78, 5) is 21.6. The number of hydrogen-bond donors (Lipinski definition) is 2. The summed E-state index contributed by atoms with van der Waals surface area (Å²) in [5.41, 5.74) is -0.546. The van der Waals surface area contributed by atoms with Gasteiger partial charge in [-0.15, -0.1) is 12.6 Å². The first-order valence-corrected chi connectivity index (χ1v) is 3.89. The molecule has 0 saturated carbocycles. The first kappa shape index (κ1) is 8.33. The Labute approximate surface area is 69.5 Å². The van der Waals surface area contributed by atoms with Crippen molar-refractivity contribution in [2.45, 2.75) is 18.2 Å². The Hall–Kier alpha value is -0.770. The van der Waals surface area contributed by atoms with Gasteiger partial charge in [0.15, 0.2) is 0 Å². The van der Waals surface area contributed by atoms with Gasteiger partial charge in [-0.25, -0.2) is 0 Å². The van der Waals surface area contributed by atoms with E-state index in [-0.39, 0.29) is 4.90 Å². The summed E-state index contributed by atoms with van der Waals surface area (Å²) in [6.45, 7) is 2.69. The molecule has 0 amide bonds. The van der Waals surface area contributed by atoms with Crippen molar-refractivity contribution in [3.8, 4) is 0 Å². The Morgan fingerprint density at radius 1 is 1.36 bits per heavy atom. The monoisotopic (exact) mass is 171 g/mol. The molecule has 3 nitrogen and oxygen atoms in total. The lowest BCUT2D eigenvalue weighted by molar-refractivity contribution is 0.963. The van der Waals surface area contributed by atoms with Crippen molar-refractivity contribution in [3.05, 3.63) is 20.4 Å². The van der Waals surface area contributed by atoms with Crippen molar-refractivity contribution >= 4 is 18.3 Å². The molecule has 0 spiro atoms. The molecule has 0 unspecified atom stereocenters. The molecule has 4 heteroatoms. The highest BCUT2D eigenvalue weighted by molar-refractivity contribution is 7.80. The van der Waals surface area contributed by atoms with Crippen molar-refractivity contribution in [1.29, 1.82) is 0 Å². The maximum atomic E-state index is 10.8. The summed E-state index contributed by atoms with van der Waals surface area (Å²) in [5, 5.41) is 2.83. The zero-order valence-corrected chi connectivity index (χ0v) is 7.07. The Kier molecular flexibility index (Phi) is 2.34. The van der Waals surface area contributed by atoms with Gasteiger partial charge in [0.2, 0.25) is 5.43 Å². The average Bonchev–Trinajstić information content (AvgIpc) is 2.04. The van der Waals surface area contributed by atoms with E-state index in [2.05, 4.69) is 17.9 Å². The second-order valence-electron chi connectivity index (χ2n) is 2.31. The van der Waals surface area contributed by atoms with Crippen LogP contribution in [0.5, 0.6) is 0 Å². The normalized spacial score (nSPS) is 10.4. The van der Waals surface area contributed by atoms with Crippen LogP contribution in [0, 0.1) is 0 Å². The molecule has 60 valence electrons. The summed E-state index contributed by atoms with van der Waals surface area (Å²) in [5.74, 6) is 0. The van der Waals surface area contributed by atoms with Crippen LogP contribution in [-0.2, 0) is 0 Å². The molecule has 0 heterocycles. The molecule has 0 aromatic heterocycles. The Balaban J connectivity index is 2.75. The first-order chi connectivity index (χ1) is 5.18. The maximum absolute atomic E-state index is 10.8. The topological polar surface area (TPSA) is 46.2 Å². The lowest BCUT2D eigenvalue weighted by atomic mass is 10.2. The van der Waals surface area contributed by atoms with Crippen molar-refractivity contribution in [2.75, 3.05) is 11.9 Å². The van der Waals surface area contributed by atoms with Gasteiger partial charge in [0.25, 0.3) is 5.43 Å². The molecule has 0 fully saturated rings. The predicted octanol–water partition coefficient (Wildman–Crippen LogP) is 0.393. The minimum atomic E-state index is -0.480. The zero-order valence-electron chi connectivity index (χ0n) is 6.18. The number of nitrogens with one attached hydrogen (secondary N) is 1. The zero-order chi connectivity index (χ0) is 8.43. The molecule has 1 N–H and O–H groups in total. The van der Waals surface area contributed by atoms with Crippen LogP contribution in [0.25, 0.3) is 0 Å². The average molecular weight is 171 g/mol. The third-order valence-electron chi connectivity index (χ3n) is 1.44. The fraction of sp³-hybridized carbons (Fsp3) is 0.429. The van der Waals surface area contributed by atoms with Crippen LogP contribution >= 0.6 is 12.6 Å². The third-order valence-corrected chi connectivity index (χ3v) is 1.86. The van der Waals surface area contributed by atoms with E-state index in [1.807, 2.05) is 6.92 Å². The molecule has 0 aliphatic heterocycles. The van der Waals surface area contributed by atoms with E-state index in [0.29, 0.717) is 12.2 Å². The van der Waals surface area contributed by atoms with Gasteiger partial charge in [0.05, 0.1) is 4.90 Å². The van der Waals surface area contributed by atoms with Gasteiger partial charge in [-0.3, -0.25) is 9.59 Å². The molecule has 0 aliphatic rings. The number of thiol groups is 1. The largest absolute Gasteiger partial charge is 0.381 e. The van der Waals surface area contributed by atoms with Crippen LogP contribution in [0.15, 0.2) is 14.5 Å². The number of rotatable bonds is 3. The van der Waals surface area contributed by atoms with Gasteiger partial charge in [0, 0.05) is 6.54 Å². The molecular formula is C7H9NO2S. The van der Waals surface area contributed by atoms with E-state index >= 15 is 0 Å². The third kappa shape index (κ3) is 1.30. The highest BCUT2D eigenvalue weighted by Crippen LogP contribution is 2.10. The van der Waals surface area contributed by atoms with Gasteiger partial charge in [-0.1, -0.05) is 6.92 Å². The van der Waals surface area contributed by atoms with E-state index in [9.17, 15) is 9.59 Å². The quantitative estimate of drug-likeness (QED) is 0.511. The van der Waals surface area contributed by atoms with Crippen molar-refractivity contribution in [1.82, 2.24) is 0 Å².